The van der Waals surface area contributed by atoms with Crippen LogP contribution in [0.1, 0.15) is 56.2 Å². The molecule has 0 unspecified atom stereocenters. The van der Waals surface area contributed by atoms with Gasteiger partial charge in [-0.05, 0) is 63.1 Å². The third-order valence-corrected chi connectivity index (χ3v) is 4.73. The molecule has 122 valence electrons. The lowest BCUT2D eigenvalue weighted by Crippen LogP contribution is -2.41. The van der Waals surface area contributed by atoms with Crippen molar-refractivity contribution in [2.24, 2.45) is 0 Å². The zero-order valence-electron chi connectivity index (χ0n) is 14.0. The van der Waals surface area contributed by atoms with E-state index in [-0.39, 0.29) is 6.09 Å². The Labute approximate surface area is 142 Å². The van der Waals surface area contributed by atoms with Crippen LogP contribution in [0, 0.1) is 6.92 Å². The summed E-state index contributed by atoms with van der Waals surface area (Å²) in [6.45, 7) is 9.44. The number of amides is 1. The molecule has 0 atom stereocenters. The normalized spacial score (nSPS) is 16.7. The number of benzene rings is 1. The van der Waals surface area contributed by atoms with Crippen molar-refractivity contribution >= 4 is 22.0 Å². The second-order valence-corrected chi connectivity index (χ2v) is 7.62. The Kier molecular flexibility index (Phi) is 5.54. The molecule has 0 spiro atoms. The molecule has 22 heavy (non-hydrogen) atoms. The number of nitrogens with zero attached hydrogens (tertiary/aromatic N) is 1. The number of ether oxygens (including phenoxy) is 1. The highest BCUT2D eigenvalue weighted by atomic mass is 79.9. The van der Waals surface area contributed by atoms with Crippen LogP contribution in [0.15, 0.2) is 18.2 Å². The van der Waals surface area contributed by atoms with Crippen molar-refractivity contribution in [3.8, 4) is 0 Å². The minimum atomic E-state index is -0.420. The van der Waals surface area contributed by atoms with Crippen LogP contribution >= 0.6 is 15.9 Å². The van der Waals surface area contributed by atoms with Gasteiger partial charge in [0.05, 0.1) is 0 Å². The van der Waals surface area contributed by atoms with Crippen LogP contribution in [0.25, 0.3) is 0 Å². The summed E-state index contributed by atoms with van der Waals surface area (Å²) >= 11 is 3.52. The van der Waals surface area contributed by atoms with Crippen molar-refractivity contribution in [3.05, 3.63) is 34.9 Å². The second-order valence-electron chi connectivity index (χ2n) is 7.06. The molecule has 0 saturated carbocycles. The van der Waals surface area contributed by atoms with Gasteiger partial charge in [0.25, 0.3) is 0 Å². The Hall–Kier alpha value is -1.03. The van der Waals surface area contributed by atoms with Gasteiger partial charge in [0.2, 0.25) is 0 Å². The fourth-order valence-electron chi connectivity index (χ4n) is 2.84. The van der Waals surface area contributed by atoms with Crippen LogP contribution in [0.5, 0.6) is 0 Å². The number of piperidine rings is 1. The van der Waals surface area contributed by atoms with Gasteiger partial charge in [-0.1, -0.05) is 34.1 Å². The lowest BCUT2D eigenvalue weighted by atomic mass is 9.88. The standard InChI is InChI=1S/C18H26BrNO2/c1-13-11-15(5-6-16(13)12-19)14-7-9-20(10-8-14)17(21)22-18(2,3)4/h5-6,11,14H,7-10,12H2,1-4H3. The highest BCUT2D eigenvalue weighted by Gasteiger charge is 2.27. The molecule has 1 amide bonds. The molecule has 1 saturated heterocycles. The molecule has 1 aromatic rings. The van der Waals surface area contributed by atoms with E-state index in [0.29, 0.717) is 5.92 Å². The van der Waals surface area contributed by atoms with Crippen LogP contribution in [0.2, 0.25) is 0 Å². The van der Waals surface area contributed by atoms with E-state index in [4.69, 9.17) is 4.74 Å². The van der Waals surface area contributed by atoms with E-state index in [2.05, 4.69) is 41.1 Å². The van der Waals surface area contributed by atoms with Crippen molar-refractivity contribution in [2.45, 2.75) is 57.4 Å². The van der Waals surface area contributed by atoms with Gasteiger partial charge in [-0.2, -0.15) is 0 Å². The second kappa shape index (κ2) is 7.03. The van der Waals surface area contributed by atoms with E-state index in [0.717, 1.165) is 31.3 Å². The molecule has 2 rings (SSSR count). The van der Waals surface area contributed by atoms with Gasteiger partial charge in [-0.15, -0.1) is 0 Å². The Morgan fingerprint density at radius 3 is 2.45 bits per heavy atom. The molecule has 1 aliphatic heterocycles. The lowest BCUT2D eigenvalue weighted by molar-refractivity contribution is 0.0205. The van der Waals surface area contributed by atoms with Crippen LogP contribution in [-0.2, 0) is 10.1 Å². The lowest BCUT2D eigenvalue weighted by Gasteiger charge is -2.33. The topological polar surface area (TPSA) is 29.5 Å². The first-order valence-electron chi connectivity index (χ1n) is 7.93. The minimum Gasteiger partial charge on any atom is -0.444 e. The maximum absolute atomic E-state index is 12.1. The van der Waals surface area contributed by atoms with Gasteiger partial charge >= 0.3 is 6.09 Å². The first-order valence-corrected chi connectivity index (χ1v) is 9.05. The number of halogens is 1. The fourth-order valence-corrected chi connectivity index (χ4v) is 3.47. The predicted octanol–water partition coefficient (Wildman–Crippen LogP) is 5.00. The van der Waals surface area contributed by atoms with E-state index in [1.807, 2.05) is 25.7 Å². The number of hydrogen-bond acceptors (Lipinski definition) is 2. The summed E-state index contributed by atoms with van der Waals surface area (Å²) in [5.41, 5.74) is 3.65. The third kappa shape index (κ3) is 4.48. The quantitative estimate of drug-likeness (QED) is 0.687. The Bertz CT molecular complexity index is 528. The Morgan fingerprint density at radius 1 is 1.32 bits per heavy atom. The first-order chi connectivity index (χ1) is 10.3. The number of alkyl halides is 1. The van der Waals surface area contributed by atoms with Crippen LogP contribution in [-0.4, -0.2) is 29.7 Å². The summed E-state index contributed by atoms with van der Waals surface area (Å²) in [5, 5.41) is 0.899. The Balaban J connectivity index is 1.94. The molecule has 1 fully saturated rings. The van der Waals surface area contributed by atoms with Crippen molar-refractivity contribution < 1.29 is 9.53 Å². The van der Waals surface area contributed by atoms with Crippen LogP contribution in [0.3, 0.4) is 0 Å². The Morgan fingerprint density at radius 2 is 1.95 bits per heavy atom. The number of carbonyl (C=O) groups is 1. The van der Waals surface area contributed by atoms with Crippen molar-refractivity contribution in [1.82, 2.24) is 4.90 Å². The molecular weight excluding hydrogens is 342 g/mol. The molecule has 0 N–H and O–H groups in total. The summed E-state index contributed by atoms with van der Waals surface area (Å²) in [6, 6.07) is 6.74. The van der Waals surface area contributed by atoms with E-state index < -0.39 is 5.60 Å². The average Bonchev–Trinajstić information content (AvgIpc) is 2.45. The first kappa shape index (κ1) is 17.3. The molecule has 1 aromatic carbocycles. The highest BCUT2D eigenvalue weighted by Crippen LogP contribution is 2.30. The maximum Gasteiger partial charge on any atom is 0.410 e. The van der Waals surface area contributed by atoms with Gasteiger partial charge in [-0.25, -0.2) is 4.79 Å². The smallest absolute Gasteiger partial charge is 0.410 e. The van der Waals surface area contributed by atoms with Gasteiger partial charge in [0, 0.05) is 18.4 Å². The summed E-state index contributed by atoms with van der Waals surface area (Å²) in [5.74, 6) is 0.543. The van der Waals surface area contributed by atoms with Gasteiger partial charge < -0.3 is 9.64 Å². The number of rotatable bonds is 2. The monoisotopic (exact) mass is 367 g/mol. The number of likely N-dealkylation sites (tertiary alicyclic amines) is 1. The van der Waals surface area contributed by atoms with E-state index in [9.17, 15) is 4.79 Å². The van der Waals surface area contributed by atoms with Crippen LogP contribution in [0.4, 0.5) is 4.79 Å². The van der Waals surface area contributed by atoms with Crippen molar-refractivity contribution in [3.63, 3.8) is 0 Å². The fraction of sp³-hybridized carbons (Fsp3) is 0.611. The van der Waals surface area contributed by atoms with E-state index >= 15 is 0 Å². The molecular formula is C18H26BrNO2. The highest BCUT2D eigenvalue weighted by molar-refractivity contribution is 9.08. The molecule has 0 aromatic heterocycles. The molecule has 1 aliphatic rings. The van der Waals surface area contributed by atoms with Gasteiger partial charge in [0.1, 0.15) is 5.60 Å². The molecule has 0 bridgehead atoms. The number of aryl methyl sites for hydroxylation is 1. The summed E-state index contributed by atoms with van der Waals surface area (Å²) < 4.78 is 5.45. The van der Waals surface area contributed by atoms with E-state index in [1.165, 1.54) is 16.7 Å². The van der Waals surface area contributed by atoms with Crippen LogP contribution < -0.4 is 0 Å². The minimum absolute atomic E-state index is 0.184. The zero-order valence-corrected chi connectivity index (χ0v) is 15.6. The summed E-state index contributed by atoms with van der Waals surface area (Å²) in [6.07, 6.45) is 1.83. The average molecular weight is 368 g/mol. The molecule has 3 nitrogen and oxygen atoms in total. The molecule has 0 radical (unpaired) electrons. The predicted molar refractivity (Wildman–Crippen MR) is 93.6 cm³/mol. The van der Waals surface area contributed by atoms with Gasteiger partial charge in [0.15, 0.2) is 0 Å². The summed E-state index contributed by atoms with van der Waals surface area (Å²) in [7, 11) is 0. The number of hydrogen-bond donors (Lipinski definition) is 0. The number of carbonyl (C=O) groups excluding carboxylic acids is 1. The van der Waals surface area contributed by atoms with E-state index in [1.54, 1.807) is 0 Å². The molecule has 1 heterocycles. The third-order valence-electron chi connectivity index (χ3n) is 4.13. The largest absolute Gasteiger partial charge is 0.444 e. The van der Waals surface area contributed by atoms with Gasteiger partial charge in [-0.3, -0.25) is 0 Å². The molecule has 0 aliphatic carbocycles. The van der Waals surface area contributed by atoms with Crippen molar-refractivity contribution in [1.29, 1.82) is 0 Å². The summed E-state index contributed by atoms with van der Waals surface area (Å²) in [4.78, 5) is 13.9. The SMILES string of the molecule is Cc1cc(C2CCN(C(=O)OC(C)(C)C)CC2)ccc1CBr. The molecule has 4 heteroatoms. The maximum atomic E-state index is 12.1. The zero-order chi connectivity index (χ0) is 16.3. The van der Waals surface area contributed by atoms with Crippen molar-refractivity contribution in [2.75, 3.05) is 13.1 Å².